The van der Waals surface area contributed by atoms with Crippen molar-refractivity contribution in [2.75, 3.05) is 19.0 Å². The summed E-state index contributed by atoms with van der Waals surface area (Å²) in [5.41, 5.74) is 1.87. The maximum atomic E-state index is 4.52. The highest BCUT2D eigenvalue weighted by Crippen LogP contribution is 2.34. The number of hydrogen-bond acceptors (Lipinski definition) is 4. The molecule has 2 aromatic rings. The monoisotopic (exact) mass is 273 g/mol. The summed E-state index contributed by atoms with van der Waals surface area (Å²) in [6.07, 6.45) is 8.94. The smallest absolute Gasteiger partial charge is 0.165 e. The highest BCUT2D eigenvalue weighted by atomic mass is 15.2. The molecule has 2 unspecified atom stereocenters. The standard InChI is InChI=1S/C15H23N5/c1-4-11-5-6-12(7-11)8-20-10-18-13-14(19(2)3)16-9-17-15(13)20/h9-12H,4-8H2,1-3H3. The molecule has 0 bridgehead atoms. The lowest BCUT2D eigenvalue weighted by molar-refractivity contribution is 0.431. The molecule has 0 spiro atoms. The average Bonchev–Trinajstić information content (AvgIpc) is 3.06. The van der Waals surface area contributed by atoms with E-state index in [1.165, 1.54) is 25.7 Å². The first-order chi connectivity index (χ1) is 9.69. The van der Waals surface area contributed by atoms with Crippen molar-refractivity contribution in [3.8, 4) is 0 Å². The molecular formula is C15H23N5. The number of nitrogens with zero attached hydrogens (tertiary/aromatic N) is 5. The van der Waals surface area contributed by atoms with Gasteiger partial charge >= 0.3 is 0 Å². The fourth-order valence-corrected chi connectivity index (χ4v) is 3.32. The van der Waals surface area contributed by atoms with Crippen LogP contribution in [0.2, 0.25) is 0 Å². The zero-order valence-electron chi connectivity index (χ0n) is 12.6. The van der Waals surface area contributed by atoms with E-state index in [-0.39, 0.29) is 0 Å². The Morgan fingerprint density at radius 3 is 2.70 bits per heavy atom. The van der Waals surface area contributed by atoms with Crippen LogP contribution >= 0.6 is 0 Å². The van der Waals surface area contributed by atoms with Gasteiger partial charge in [0, 0.05) is 20.6 Å². The van der Waals surface area contributed by atoms with Gasteiger partial charge in [0.1, 0.15) is 6.33 Å². The summed E-state index contributed by atoms with van der Waals surface area (Å²) in [5.74, 6) is 2.59. The van der Waals surface area contributed by atoms with E-state index in [4.69, 9.17) is 0 Å². The third kappa shape index (κ3) is 2.37. The van der Waals surface area contributed by atoms with Gasteiger partial charge in [-0.15, -0.1) is 0 Å². The molecule has 0 N–H and O–H groups in total. The molecule has 1 saturated carbocycles. The second kappa shape index (κ2) is 5.38. The lowest BCUT2D eigenvalue weighted by Crippen LogP contribution is -2.12. The van der Waals surface area contributed by atoms with Crippen molar-refractivity contribution in [1.82, 2.24) is 19.5 Å². The molecule has 5 heteroatoms. The van der Waals surface area contributed by atoms with E-state index >= 15 is 0 Å². The molecule has 1 aliphatic carbocycles. The van der Waals surface area contributed by atoms with Crippen LogP contribution < -0.4 is 4.90 Å². The molecule has 1 fully saturated rings. The summed E-state index contributed by atoms with van der Waals surface area (Å²) in [7, 11) is 3.98. The van der Waals surface area contributed by atoms with E-state index in [0.717, 1.165) is 35.4 Å². The fraction of sp³-hybridized carbons (Fsp3) is 0.667. The zero-order chi connectivity index (χ0) is 14.1. The summed E-state index contributed by atoms with van der Waals surface area (Å²) in [5, 5.41) is 0. The number of anilines is 1. The van der Waals surface area contributed by atoms with E-state index in [2.05, 4.69) is 26.4 Å². The summed E-state index contributed by atoms with van der Waals surface area (Å²) in [6.45, 7) is 3.34. The van der Waals surface area contributed by atoms with Gasteiger partial charge in [0.05, 0.1) is 6.33 Å². The molecule has 0 amide bonds. The van der Waals surface area contributed by atoms with E-state index in [1.807, 2.05) is 25.3 Å². The SMILES string of the molecule is CCC1CCC(Cn2cnc3c(N(C)C)ncnc32)C1. The molecule has 0 saturated heterocycles. The van der Waals surface area contributed by atoms with Gasteiger partial charge in [-0.1, -0.05) is 19.8 Å². The molecule has 20 heavy (non-hydrogen) atoms. The van der Waals surface area contributed by atoms with Crippen LogP contribution in [0.25, 0.3) is 11.2 Å². The molecule has 0 radical (unpaired) electrons. The number of aromatic nitrogens is 4. The Bertz CT molecular complexity index is 589. The Hall–Kier alpha value is -1.65. The van der Waals surface area contributed by atoms with E-state index < -0.39 is 0 Å². The number of imidazole rings is 1. The largest absolute Gasteiger partial charge is 0.361 e. The summed E-state index contributed by atoms with van der Waals surface area (Å²) in [4.78, 5) is 15.3. The van der Waals surface area contributed by atoms with Crippen molar-refractivity contribution in [3.05, 3.63) is 12.7 Å². The Morgan fingerprint density at radius 1 is 1.20 bits per heavy atom. The molecule has 5 nitrogen and oxygen atoms in total. The minimum Gasteiger partial charge on any atom is -0.361 e. The van der Waals surface area contributed by atoms with Crippen LogP contribution in [0.1, 0.15) is 32.6 Å². The molecule has 2 atom stereocenters. The van der Waals surface area contributed by atoms with Gasteiger partial charge in [0.25, 0.3) is 0 Å². The molecule has 1 aliphatic rings. The first-order valence-electron chi connectivity index (χ1n) is 7.52. The van der Waals surface area contributed by atoms with Crippen molar-refractivity contribution in [3.63, 3.8) is 0 Å². The Morgan fingerprint density at radius 2 is 2.00 bits per heavy atom. The molecule has 0 aromatic carbocycles. The first-order valence-corrected chi connectivity index (χ1v) is 7.52. The van der Waals surface area contributed by atoms with Crippen molar-refractivity contribution in [2.24, 2.45) is 11.8 Å². The Balaban J connectivity index is 1.84. The predicted molar refractivity (Wildman–Crippen MR) is 80.8 cm³/mol. The lowest BCUT2D eigenvalue weighted by Gasteiger charge is -2.13. The van der Waals surface area contributed by atoms with Gasteiger partial charge in [-0.25, -0.2) is 15.0 Å². The van der Waals surface area contributed by atoms with Crippen LogP contribution in [-0.4, -0.2) is 33.6 Å². The topological polar surface area (TPSA) is 46.8 Å². The van der Waals surface area contributed by atoms with Gasteiger partial charge in [0.15, 0.2) is 17.0 Å². The lowest BCUT2D eigenvalue weighted by atomic mass is 10.0. The number of rotatable bonds is 4. The van der Waals surface area contributed by atoms with Gasteiger partial charge < -0.3 is 9.47 Å². The summed E-state index contributed by atoms with van der Waals surface area (Å²) in [6, 6.07) is 0. The van der Waals surface area contributed by atoms with Gasteiger partial charge in [-0.3, -0.25) is 0 Å². The first kappa shape index (κ1) is 13.3. The van der Waals surface area contributed by atoms with Crippen molar-refractivity contribution >= 4 is 17.0 Å². The zero-order valence-corrected chi connectivity index (χ0v) is 12.6. The number of fused-ring (bicyclic) bond motifs is 1. The molecular weight excluding hydrogens is 250 g/mol. The van der Waals surface area contributed by atoms with Crippen LogP contribution in [0.3, 0.4) is 0 Å². The van der Waals surface area contributed by atoms with E-state index in [9.17, 15) is 0 Å². The van der Waals surface area contributed by atoms with Crippen LogP contribution in [0.5, 0.6) is 0 Å². The van der Waals surface area contributed by atoms with Crippen molar-refractivity contribution in [2.45, 2.75) is 39.2 Å². The Kier molecular flexibility index (Phi) is 3.59. The van der Waals surface area contributed by atoms with Gasteiger partial charge in [-0.2, -0.15) is 0 Å². The predicted octanol–water partition coefficient (Wildman–Crippen LogP) is 2.72. The molecule has 3 rings (SSSR count). The molecule has 108 valence electrons. The normalized spacial score (nSPS) is 22.6. The van der Waals surface area contributed by atoms with Gasteiger partial charge in [-0.05, 0) is 24.7 Å². The fourth-order valence-electron chi connectivity index (χ4n) is 3.32. The summed E-state index contributed by atoms with van der Waals surface area (Å²) >= 11 is 0. The second-order valence-electron chi connectivity index (χ2n) is 6.11. The summed E-state index contributed by atoms with van der Waals surface area (Å²) < 4.78 is 2.20. The van der Waals surface area contributed by atoms with Crippen LogP contribution in [0, 0.1) is 11.8 Å². The van der Waals surface area contributed by atoms with Crippen molar-refractivity contribution in [1.29, 1.82) is 0 Å². The minimum absolute atomic E-state index is 0.773. The van der Waals surface area contributed by atoms with Crippen LogP contribution in [0.15, 0.2) is 12.7 Å². The molecule has 0 aliphatic heterocycles. The van der Waals surface area contributed by atoms with E-state index in [1.54, 1.807) is 6.33 Å². The molecule has 2 heterocycles. The highest BCUT2D eigenvalue weighted by Gasteiger charge is 2.24. The third-order valence-electron chi connectivity index (χ3n) is 4.49. The molecule has 2 aromatic heterocycles. The quantitative estimate of drug-likeness (QED) is 0.859. The maximum absolute atomic E-state index is 4.52. The Labute approximate surface area is 120 Å². The highest BCUT2D eigenvalue weighted by molar-refractivity contribution is 5.82. The van der Waals surface area contributed by atoms with Crippen LogP contribution in [-0.2, 0) is 6.54 Å². The number of hydrogen-bond donors (Lipinski definition) is 0. The second-order valence-corrected chi connectivity index (χ2v) is 6.11. The average molecular weight is 273 g/mol. The van der Waals surface area contributed by atoms with Crippen LogP contribution in [0.4, 0.5) is 5.82 Å². The van der Waals surface area contributed by atoms with Gasteiger partial charge in [0.2, 0.25) is 0 Å². The maximum Gasteiger partial charge on any atom is 0.165 e. The van der Waals surface area contributed by atoms with E-state index in [0.29, 0.717) is 0 Å². The van der Waals surface area contributed by atoms with Crippen molar-refractivity contribution < 1.29 is 0 Å². The third-order valence-corrected chi connectivity index (χ3v) is 4.49. The minimum atomic E-state index is 0.773.